The van der Waals surface area contributed by atoms with Crippen LogP contribution < -0.4 is 0 Å². The monoisotopic (exact) mass is 410 g/mol. The van der Waals surface area contributed by atoms with Crippen LogP contribution in [0.2, 0.25) is 18.1 Å². The number of carbonyl (C=O) groups excluding carboxylic acids is 1. The van der Waals surface area contributed by atoms with Crippen LogP contribution in [0.25, 0.3) is 0 Å². The van der Waals surface area contributed by atoms with E-state index >= 15 is 0 Å². The van der Waals surface area contributed by atoms with Gasteiger partial charge in [-0.15, -0.1) is 0 Å². The molecule has 0 radical (unpaired) electrons. The lowest BCUT2D eigenvalue weighted by molar-refractivity contribution is -0.137. The van der Waals surface area contributed by atoms with Crippen molar-refractivity contribution in [3.8, 4) is 0 Å². The summed E-state index contributed by atoms with van der Waals surface area (Å²) in [6.45, 7) is 16.1. The number of unbranched alkanes of at least 4 members (excludes halogenated alkanes) is 7. The van der Waals surface area contributed by atoms with Gasteiger partial charge in [-0.25, -0.2) is 4.79 Å². The van der Waals surface area contributed by atoms with Crippen LogP contribution in [-0.4, -0.2) is 27.0 Å². The Kier molecular flexibility index (Phi) is 14.6. The van der Waals surface area contributed by atoms with Crippen LogP contribution >= 0.6 is 0 Å². The first-order valence-electron chi connectivity index (χ1n) is 11.3. The van der Waals surface area contributed by atoms with Crippen LogP contribution in [0.5, 0.6) is 0 Å². The van der Waals surface area contributed by atoms with E-state index in [4.69, 9.17) is 9.16 Å². The van der Waals surface area contributed by atoms with E-state index in [1.165, 1.54) is 57.4 Å². The molecule has 1 atom stereocenters. The molecule has 4 heteroatoms. The first-order valence-corrected chi connectivity index (χ1v) is 14.2. The number of rotatable bonds is 15. The molecule has 0 aromatic heterocycles. The van der Waals surface area contributed by atoms with Crippen LogP contribution in [-0.2, 0) is 14.0 Å². The van der Waals surface area contributed by atoms with Crippen LogP contribution in [0, 0.1) is 0 Å². The molecule has 0 fully saturated rings. The Morgan fingerprint density at radius 3 is 2.11 bits per heavy atom. The minimum absolute atomic E-state index is 0.270. The molecule has 0 aromatic carbocycles. The molecule has 0 aliphatic rings. The van der Waals surface area contributed by atoms with E-state index in [-0.39, 0.29) is 5.97 Å². The first-order chi connectivity index (χ1) is 13.1. The Morgan fingerprint density at radius 1 is 0.964 bits per heavy atom. The molecule has 0 saturated carbocycles. The standard InChI is InChI=1S/C24H46O3Si/c1-8-26-23(25)21-19-17-15-13-11-9-10-12-14-16-18-20-22(2)27-28(6,7)24(3,4)5/h15,17,19,21-22H,8-14,16,18,20H2,1-7H3/b17-15+,21-19+. The number of hydrogen-bond acceptors (Lipinski definition) is 3. The summed E-state index contributed by atoms with van der Waals surface area (Å²) >= 11 is 0. The molecule has 0 aromatic rings. The summed E-state index contributed by atoms with van der Waals surface area (Å²) < 4.78 is 11.3. The van der Waals surface area contributed by atoms with Crippen LogP contribution in [0.3, 0.4) is 0 Å². The van der Waals surface area contributed by atoms with Gasteiger partial charge in [-0.1, -0.05) is 77.5 Å². The topological polar surface area (TPSA) is 35.5 Å². The van der Waals surface area contributed by atoms with E-state index in [1.54, 1.807) is 6.08 Å². The molecule has 3 nitrogen and oxygen atoms in total. The number of carbonyl (C=O) groups is 1. The van der Waals surface area contributed by atoms with Gasteiger partial charge < -0.3 is 9.16 Å². The molecule has 0 aliphatic carbocycles. The third-order valence-electron chi connectivity index (χ3n) is 5.55. The molecule has 0 heterocycles. The second-order valence-corrected chi connectivity index (χ2v) is 14.0. The minimum Gasteiger partial charge on any atom is -0.463 e. The quantitative estimate of drug-likeness (QED) is 0.0917. The Morgan fingerprint density at radius 2 is 1.54 bits per heavy atom. The zero-order chi connectivity index (χ0) is 21.5. The molecule has 0 bridgehead atoms. The zero-order valence-corrected chi connectivity index (χ0v) is 20.7. The summed E-state index contributed by atoms with van der Waals surface area (Å²) in [6, 6.07) is 0. The molecular weight excluding hydrogens is 364 g/mol. The van der Waals surface area contributed by atoms with Crippen LogP contribution in [0.4, 0.5) is 0 Å². The van der Waals surface area contributed by atoms with Crippen molar-refractivity contribution in [1.82, 2.24) is 0 Å². The molecule has 0 amide bonds. The smallest absolute Gasteiger partial charge is 0.330 e. The van der Waals surface area contributed by atoms with Crippen molar-refractivity contribution in [2.45, 2.75) is 117 Å². The summed E-state index contributed by atoms with van der Waals surface area (Å²) in [4.78, 5) is 11.1. The third kappa shape index (κ3) is 14.2. The fourth-order valence-corrected chi connectivity index (χ4v) is 4.29. The molecular formula is C24H46O3Si. The van der Waals surface area contributed by atoms with Gasteiger partial charge in [0.25, 0.3) is 0 Å². The van der Waals surface area contributed by atoms with E-state index in [0.29, 0.717) is 17.7 Å². The van der Waals surface area contributed by atoms with E-state index in [1.807, 2.05) is 13.0 Å². The predicted molar refractivity (Wildman–Crippen MR) is 124 cm³/mol. The minimum atomic E-state index is -1.61. The highest BCUT2D eigenvalue weighted by Crippen LogP contribution is 2.37. The maximum Gasteiger partial charge on any atom is 0.330 e. The lowest BCUT2D eigenvalue weighted by atomic mass is 10.1. The van der Waals surface area contributed by atoms with Gasteiger partial charge in [0.05, 0.1) is 6.61 Å². The molecule has 1 unspecified atom stereocenters. The number of allylic oxidation sites excluding steroid dienone is 3. The van der Waals surface area contributed by atoms with Gasteiger partial charge in [0.1, 0.15) is 0 Å². The second kappa shape index (κ2) is 15.0. The fraction of sp³-hybridized carbons (Fsp3) is 0.792. The highest BCUT2D eigenvalue weighted by atomic mass is 28.4. The average molecular weight is 411 g/mol. The molecule has 0 aliphatic heterocycles. The maximum absolute atomic E-state index is 11.1. The molecule has 0 saturated heterocycles. The Labute approximate surface area is 176 Å². The first kappa shape index (κ1) is 27.1. The Balaban J connectivity index is 3.57. The molecule has 0 rings (SSSR count). The lowest BCUT2D eigenvalue weighted by Crippen LogP contribution is -2.43. The van der Waals surface area contributed by atoms with Gasteiger partial charge in [-0.3, -0.25) is 0 Å². The van der Waals surface area contributed by atoms with Crippen molar-refractivity contribution in [2.75, 3.05) is 6.61 Å². The van der Waals surface area contributed by atoms with E-state index in [9.17, 15) is 4.79 Å². The summed E-state index contributed by atoms with van der Waals surface area (Å²) in [5, 5.41) is 0.299. The average Bonchev–Trinajstić information content (AvgIpc) is 2.57. The van der Waals surface area contributed by atoms with Crippen molar-refractivity contribution >= 4 is 14.3 Å². The largest absolute Gasteiger partial charge is 0.463 e. The number of hydrogen-bond donors (Lipinski definition) is 0. The highest BCUT2D eigenvalue weighted by molar-refractivity contribution is 6.74. The summed E-state index contributed by atoms with van der Waals surface area (Å²) in [7, 11) is -1.61. The highest BCUT2D eigenvalue weighted by Gasteiger charge is 2.38. The number of ether oxygens (including phenoxy) is 1. The molecule has 28 heavy (non-hydrogen) atoms. The maximum atomic E-state index is 11.1. The van der Waals surface area contributed by atoms with Crippen LogP contribution in [0.15, 0.2) is 24.3 Å². The Hall–Kier alpha value is -0.873. The zero-order valence-electron chi connectivity index (χ0n) is 19.7. The van der Waals surface area contributed by atoms with Crippen molar-refractivity contribution in [3.63, 3.8) is 0 Å². The van der Waals surface area contributed by atoms with Gasteiger partial charge in [0, 0.05) is 12.2 Å². The predicted octanol–water partition coefficient (Wildman–Crippen LogP) is 7.58. The van der Waals surface area contributed by atoms with E-state index < -0.39 is 8.32 Å². The van der Waals surface area contributed by atoms with E-state index in [0.717, 1.165) is 6.42 Å². The van der Waals surface area contributed by atoms with Gasteiger partial charge in [0.15, 0.2) is 8.32 Å². The Bertz CT molecular complexity index is 461. The van der Waals surface area contributed by atoms with Gasteiger partial charge in [-0.2, -0.15) is 0 Å². The molecule has 164 valence electrons. The SMILES string of the molecule is CCOC(=O)/C=C/C=C/CCCCCCCCCC(C)O[Si](C)(C)C(C)(C)C. The summed E-state index contributed by atoms with van der Waals surface area (Å²) in [6.07, 6.45) is 19.1. The summed E-state index contributed by atoms with van der Waals surface area (Å²) in [5.74, 6) is -0.270. The molecule has 0 N–H and O–H groups in total. The van der Waals surface area contributed by atoms with Gasteiger partial charge in [0.2, 0.25) is 0 Å². The second-order valence-electron chi connectivity index (χ2n) is 9.28. The third-order valence-corrected chi connectivity index (χ3v) is 10.2. The lowest BCUT2D eigenvalue weighted by Gasteiger charge is -2.38. The van der Waals surface area contributed by atoms with Crippen LogP contribution in [0.1, 0.15) is 92.4 Å². The van der Waals surface area contributed by atoms with E-state index in [2.05, 4.69) is 46.9 Å². The normalized spacial score (nSPS) is 14.1. The van der Waals surface area contributed by atoms with Crippen molar-refractivity contribution in [3.05, 3.63) is 24.3 Å². The van der Waals surface area contributed by atoms with Crippen molar-refractivity contribution in [1.29, 1.82) is 0 Å². The van der Waals surface area contributed by atoms with Gasteiger partial charge in [-0.05, 0) is 51.2 Å². The van der Waals surface area contributed by atoms with Gasteiger partial charge >= 0.3 is 5.97 Å². The molecule has 0 spiro atoms. The van der Waals surface area contributed by atoms with Crippen molar-refractivity contribution in [2.24, 2.45) is 0 Å². The summed E-state index contributed by atoms with van der Waals surface area (Å²) in [5.41, 5.74) is 0. The fourth-order valence-electron chi connectivity index (χ4n) is 2.82. The number of esters is 1. The van der Waals surface area contributed by atoms with Crippen molar-refractivity contribution < 1.29 is 14.0 Å².